The van der Waals surface area contributed by atoms with Crippen LogP contribution in [0.3, 0.4) is 0 Å². The summed E-state index contributed by atoms with van der Waals surface area (Å²) < 4.78 is 14.9. The SMILES string of the molecule is C#CCOCCCCOC.CCCCC(COC)NC(=O)CN=[N+]=[N-]. The van der Waals surface area contributed by atoms with Crippen molar-refractivity contribution in [3.63, 3.8) is 0 Å². The molecule has 1 amide bonds. The summed E-state index contributed by atoms with van der Waals surface area (Å²) in [6.45, 7) is 4.40. The van der Waals surface area contributed by atoms with E-state index in [1.54, 1.807) is 14.2 Å². The van der Waals surface area contributed by atoms with Gasteiger partial charge in [-0.25, -0.2) is 0 Å². The molecule has 0 fully saturated rings. The van der Waals surface area contributed by atoms with Crippen LogP contribution in [0.25, 0.3) is 10.4 Å². The van der Waals surface area contributed by atoms with Crippen LogP contribution in [0, 0.1) is 12.3 Å². The van der Waals surface area contributed by atoms with Gasteiger partial charge in [-0.1, -0.05) is 30.8 Å². The molecule has 0 aromatic heterocycles. The van der Waals surface area contributed by atoms with Crippen molar-refractivity contribution in [2.24, 2.45) is 5.11 Å². The van der Waals surface area contributed by atoms with Gasteiger partial charge >= 0.3 is 0 Å². The molecule has 0 spiro atoms. The highest BCUT2D eigenvalue weighted by Gasteiger charge is 2.10. The van der Waals surface area contributed by atoms with E-state index in [0.29, 0.717) is 13.2 Å². The normalized spacial score (nSPS) is 10.6. The lowest BCUT2D eigenvalue weighted by Gasteiger charge is -2.16. The Kier molecular flexibility index (Phi) is 22.6. The number of rotatable bonds is 14. The number of hydrogen-bond donors (Lipinski definition) is 1. The first-order valence-corrected chi connectivity index (χ1v) is 8.45. The highest BCUT2D eigenvalue weighted by molar-refractivity contribution is 5.78. The van der Waals surface area contributed by atoms with Crippen molar-refractivity contribution in [2.45, 2.75) is 45.1 Å². The summed E-state index contributed by atoms with van der Waals surface area (Å²) in [4.78, 5) is 13.7. The summed E-state index contributed by atoms with van der Waals surface area (Å²) >= 11 is 0. The predicted molar refractivity (Wildman–Crippen MR) is 98.1 cm³/mol. The largest absolute Gasteiger partial charge is 0.385 e. The minimum atomic E-state index is -0.258. The lowest BCUT2D eigenvalue weighted by Crippen LogP contribution is -2.39. The molecule has 1 N–H and O–H groups in total. The van der Waals surface area contributed by atoms with Gasteiger partial charge in [-0.15, -0.1) is 6.42 Å². The number of nitrogens with zero attached hydrogens (tertiary/aromatic N) is 3. The highest BCUT2D eigenvalue weighted by Crippen LogP contribution is 2.01. The Bertz CT molecular complexity index is 393. The molecule has 8 heteroatoms. The van der Waals surface area contributed by atoms with Gasteiger partial charge in [0.05, 0.1) is 12.6 Å². The van der Waals surface area contributed by atoms with E-state index in [1.807, 2.05) is 0 Å². The molecule has 0 aromatic rings. The first kappa shape index (κ1) is 25.5. The zero-order valence-corrected chi connectivity index (χ0v) is 15.7. The molecule has 0 aromatic carbocycles. The second kappa shape index (κ2) is 22.2. The zero-order chi connectivity index (χ0) is 19.2. The lowest BCUT2D eigenvalue weighted by molar-refractivity contribution is -0.120. The Morgan fingerprint density at radius 1 is 1.28 bits per heavy atom. The van der Waals surface area contributed by atoms with Gasteiger partial charge in [-0.2, -0.15) is 0 Å². The highest BCUT2D eigenvalue weighted by atomic mass is 16.5. The molecular formula is C17H32N4O4. The van der Waals surface area contributed by atoms with Gasteiger partial charge in [0.2, 0.25) is 5.91 Å². The summed E-state index contributed by atoms with van der Waals surface area (Å²) in [5.41, 5.74) is 8.05. The first-order valence-electron chi connectivity index (χ1n) is 8.45. The number of hydrogen-bond acceptors (Lipinski definition) is 5. The van der Waals surface area contributed by atoms with Crippen molar-refractivity contribution in [1.29, 1.82) is 0 Å². The van der Waals surface area contributed by atoms with E-state index in [1.165, 1.54) is 0 Å². The fourth-order valence-corrected chi connectivity index (χ4v) is 1.80. The van der Waals surface area contributed by atoms with E-state index in [9.17, 15) is 4.79 Å². The van der Waals surface area contributed by atoms with Crippen LogP contribution in [0.1, 0.15) is 39.0 Å². The number of azide groups is 1. The molecule has 1 unspecified atom stereocenters. The zero-order valence-electron chi connectivity index (χ0n) is 15.7. The molecule has 8 nitrogen and oxygen atoms in total. The molecule has 0 saturated heterocycles. The van der Waals surface area contributed by atoms with Gasteiger partial charge in [0.1, 0.15) is 13.2 Å². The predicted octanol–water partition coefficient (Wildman–Crippen LogP) is 2.68. The third kappa shape index (κ3) is 22.2. The molecule has 0 saturated carbocycles. The smallest absolute Gasteiger partial charge is 0.226 e. The van der Waals surface area contributed by atoms with Crippen LogP contribution < -0.4 is 5.32 Å². The summed E-state index contributed by atoms with van der Waals surface area (Å²) in [7, 11) is 3.29. The van der Waals surface area contributed by atoms with Crippen LogP contribution in [-0.4, -0.2) is 59.1 Å². The maximum absolute atomic E-state index is 11.2. The van der Waals surface area contributed by atoms with E-state index in [0.717, 1.165) is 45.3 Å². The van der Waals surface area contributed by atoms with Crippen LogP contribution in [-0.2, 0) is 19.0 Å². The van der Waals surface area contributed by atoms with Gasteiger partial charge in [-0.05, 0) is 24.8 Å². The molecule has 25 heavy (non-hydrogen) atoms. The van der Waals surface area contributed by atoms with E-state index in [2.05, 4.69) is 28.2 Å². The van der Waals surface area contributed by atoms with Gasteiger partial charge in [0, 0.05) is 32.3 Å². The first-order chi connectivity index (χ1) is 12.2. The van der Waals surface area contributed by atoms with Crippen molar-refractivity contribution < 1.29 is 19.0 Å². The summed E-state index contributed by atoms with van der Waals surface area (Å²) in [5.74, 6) is 2.15. The monoisotopic (exact) mass is 356 g/mol. The van der Waals surface area contributed by atoms with E-state index in [-0.39, 0.29) is 18.5 Å². The summed E-state index contributed by atoms with van der Waals surface area (Å²) in [6.07, 6.45) is 10.0. The van der Waals surface area contributed by atoms with Crippen molar-refractivity contribution in [3.05, 3.63) is 10.4 Å². The molecule has 0 heterocycles. The Hall–Kier alpha value is -1.78. The maximum atomic E-state index is 11.2. The Morgan fingerprint density at radius 2 is 2.00 bits per heavy atom. The van der Waals surface area contributed by atoms with Crippen LogP contribution in [0.2, 0.25) is 0 Å². The molecule has 0 radical (unpaired) electrons. The van der Waals surface area contributed by atoms with Crippen LogP contribution in [0.4, 0.5) is 0 Å². The lowest BCUT2D eigenvalue weighted by atomic mass is 10.1. The third-order valence-corrected chi connectivity index (χ3v) is 2.99. The number of carbonyl (C=O) groups excluding carboxylic acids is 1. The molecule has 144 valence electrons. The third-order valence-electron chi connectivity index (χ3n) is 2.99. The van der Waals surface area contributed by atoms with Gasteiger partial charge < -0.3 is 19.5 Å². The minimum Gasteiger partial charge on any atom is -0.385 e. The molecule has 0 aliphatic carbocycles. The molecule has 0 rings (SSSR count). The van der Waals surface area contributed by atoms with E-state index < -0.39 is 0 Å². The van der Waals surface area contributed by atoms with Crippen molar-refractivity contribution in [3.8, 4) is 12.3 Å². The van der Waals surface area contributed by atoms with Crippen molar-refractivity contribution in [2.75, 3.05) is 47.2 Å². The van der Waals surface area contributed by atoms with Crippen molar-refractivity contribution in [1.82, 2.24) is 5.32 Å². The standard InChI is InChI=1S/C9H18N4O2.C8H14O2/c1-3-4-5-8(7-15-2)12-9(14)6-11-13-10;1-3-6-10-8-5-4-7-9-2/h8H,3-7H2,1-2H3,(H,12,14);1H,4-8H2,2H3. The number of carbonyl (C=O) groups is 1. The second-order valence-corrected chi connectivity index (χ2v) is 5.21. The number of ether oxygens (including phenoxy) is 3. The second-order valence-electron chi connectivity index (χ2n) is 5.21. The van der Waals surface area contributed by atoms with E-state index in [4.69, 9.17) is 26.2 Å². The number of unbranched alkanes of at least 4 members (excludes halogenated alkanes) is 2. The van der Waals surface area contributed by atoms with Gasteiger partial charge in [-0.3, -0.25) is 4.79 Å². The van der Waals surface area contributed by atoms with E-state index >= 15 is 0 Å². The average Bonchev–Trinajstić information content (AvgIpc) is 2.61. The van der Waals surface area contributed by atoms with Gasteiger partial charge in [0.15, 0.2) is 0 Å². The molecule has 1 atom stereocenters. The number of terminal acetylenes is 1. The topological polar surface area (TPSA) is 106 Å². The summed E-state index contributed by atoms with van der Waals surface area (Å²) in [5, 5.41) is 5.95. The van der Waals surface area contributed by atoms with Crippen LogP contribution in [0.15, 0.2) is 5.11 Å². The number of amides is 1. The Balaban J connectivity index is 0. The molecular weight excluding hydrogens is 324 g/mol. The fourth-order valence-electron chi connectivity index (χ4n) is 1.80. The van der Waals surface area contributed by atoms with Crippen LogP contribution in [0.5, 0.6) is 0 Å². The quantitative estimate of drug-likeness (QED) is 0.170. The molecule has 0 bridgehead atoms. The summed E-state index contributed by atoms with van der Waals surface area (Å²) in [6, 6.07) is 0.0105. The number of methoxy groups -OCH3 is 2. The fraction of sp³-hybridized carbons (Fsp3) is 0.824. The molecule has 0 aliphatic heterocycles. The van der Waals surface area contributed by atoms with Crippen molar-refractivity contribution >= 4 is 5.91 Å². The minimum absolute atomic E-state index is 0.0105. The molecule has 0 aliphatic rings. The number of nitrogens with one attached hydrogen (secondary N) is 1. The van der Waals surface area contributed by atoms with Crippen LogP contribution >= 0.6 is 0 Å². The maximum Gasteiger partial charge on any atom is 0.226 e. The Morgan fingerprint density at radius 3 is 2.56 bits per heavy atom. The average molecular weight is 356 g/mol. The van der Waals surface area contributed by atoms with Gasteiger partial charge in [0.25, 0.3) is 0 Å². The Labute approximate surface area is 151 Å².